The molecule has 0 aliphatic rings. The highest BCUT2D eigenvalue weighted by Gasteiger charge is 2.03. The van der Waals surface area contributed by atoms with E-state index in [-0.39, 0.29) is 5.97 Å². The number of carbonyl (C=O) groups excluding carboxylic acids is 1. The molecule has 0 aliphatic carbocycles. The monoisotopic (exact) mass is 202 g/mol. The molecule has 14 heavy (non-hydrogen) atoms. The highest BCUT2D eigenvalue weighted by Crippen LogP contribution is 1.97. The lowest BCUT2D eigenvalue weighted by Crippen LogP contribution is -2.15. The summed E-state index contributed by atoms with van der Waals surface area (Å²) in [6.07, 6.45) is 2.40. The number of rotatable bonds is 7. The number of carbonyl (C=O) groups is 1. The zero-order valence-electron chi connectivity index (χ0n) is 8.99. The highest BCUT2D eigenvalue weighted by molar-refractivity contribution is 5.81. The van der Waals surface area contributed by atoms with Gasteiger partial charge in [-0.2, -0.15) is 0 Å². The first kappa shape index (κ1) is 13.1. The third kappa shape index (κ3) is 6.62. The lowest BCUT2D eigenvalue weighted by Gasteiger charge is -2.11. The van der Waals surface area contributed by atoms with Gasteiger partial charge in [0.1, 0.15) is 0 Å². The number of hydrogen-bond donors (Lipinski definition) is 0. The molecule has 0 bridgehead atoms. The molecule has 0 N–H and O–H groups in total. The van der Waals surface area contributed by atoms with Crippen molar-refractivity contribution in [1.82, 2.24) is 0 Å². The van der Waals surface area contributed by atoms with Crippen molar-refractivity contribution in [2.24, 2.45) is 0 Å². The molecule has 0 rings (SSSR count). The molecule has 82 valence electrons. The molecule has 0 amide bonds. The minimum Gasteiger partial charge on any atom is -0.463 e. The lowest BCUT2D eigenvalue weighted by molar-refractivity contribution is -0.137. The van der Waals surface area contributed by atoms with E-state index in [9.17, 15) is 4.79 Å². The van der Waals surface area contributed by atoms with Crippen LogP contribution in [0, 0.1) is 0 Å². The van der Waals surface area contributed by atoms with Crippen LogP contribution in [0.1, 0.15) is 20.8 Å². The average molecular weight is 202 g/mol. The van der Waals surface area contributed by atoms with Gasteiger partial charge in [-0.05, 0) is 26.8 Å². The smallest absolute Gasteiger partial charge is 0.330 e. The standard InChI is InChI=1S/C10H18O4/c1-4-12-9(11)7-8-10(13-5-2)14-6-3/h7-8,10H,4-6H2,1-3H3. The molecule has 0 fully saturated rings. The molecule has 4 heteroatoms. The third-order valence-electron chi connectivity index (χ3n) is 1.34. The SMILES string of the molecule is CCOC(=O)C=CC(OCC)OCC. The van der Waals surface area contributed by atoms with Gasteiger partial charge in [-0.15, -0.1) is 0 Å². The van der Waals surface area contributed by atoms with Crippen LogP contribution in [0.15, 0.2) is 12.2 Å². The molecule has 0 saturated heterocycles. The van der Waals surface area contributed by atoms with E-state index in [2.05, 4.69) is 0 Å². The third-order valence-corrected chi connectivity index (χ3v) is 1.34. The zero-order valence-corrected chi connectivity index (χ0v) is 8.99. The molecule has 0 aromatic rings. The fraction of sp³-hybridized carbons (Fsp3) is 0.700. The van der Waals surface area contributed by atoms with Crippen molar-refractivity contribution in [2.75, 3.05) is 19.8 Å². The predicted octanol–water partition coefficient (Wildman–Crippen LogP) is 1.50. The summed E-state index contributed by atoms with van der Waals surface area (Å²) in [6.45, 7) is 6.94. The summed E-state index contributed by atoms with van der Waals surface area (Å²) in [4.78, 5) is 10.9. The van der Waals surface area contributed by atoms with Crippen molar-refractivity contribution >= 4 is 5.97 Å². The first-order valence-corrected chi connectivity index (χ1v) is 4.82. The van der Waals surface area contributed by atoms with Crippen LogP contribution in [0.3, 0.4) is 0 Å². The summed E-state index contributed by atoms with van der Waals surface area (Å²) < 4.78 is 15.1. The highest BCUT2D eigenvalue weighted by atomic mass is 16.7. The molecule has 0 aromatic heterocycles. The minimum atomic E-state index is -0.464. The van der Waals surface area contributed by atoms with Crippen molar-refractivity contribution in [3.05, 3.63) is 12.2 Å². The van der Waals surface area contributed by atoms with Crippen molar-refractivity contribution in [3.63, 3.8) is 0 Å². The second kappa shape index (κ2) is 8.72. The summed E-state index contributed by atoms with van der Waals surface area (Å²) in [5.74, 6) is -0.378. The molecule has 0 saturated carbocycles. The van der Waals surface area contributed by atoms with Crippen LogP contribution >= 0.6 is 0 Å². The van der Waals surface area contributed by atoms with E-state index in [0.717, 1.165) is 0 Å². The van der Waals surface area contributed by atoms with Crippen LogP contribution in [-0.2, 0) is 19.0 Å². The molecule has 0 aromatic carbocycles. The topological polar surface area (TPSA) is 44.8 Å². The van der Waals surface area contributed by atoms with Gasteiger partial charge in [0.15, 0.2) is 6.29 Å². The Hall–Kier alpha value is -0.870. The van der Waals surface area contributed by atoms with E-state index >= 15 is 0 Å². The molecule has 0 spiro atoms. The van der Waals surface area contributed by atoms with Gasteiger partial charge in [0, 0.05) is 19.3 Å². The Morgan fingerprint density at radius 1 is 1.14 bits per heavy atom. The van der Waals surface area contributed by atoms with Crippen molar-refractivity contribution in [3.8, 4) is 0 Å². The van der Waals surface area contributed by atoms with Gasteiger partial charge < -0.3 is 14.2 Å². The van der Waals surface area contributed by atoms with E-state index in [0.29, 0.717) is 19.8 Å². The second-order valence-corrected chi connectivity index (χ2v) is 2.39. The Morgan fingerprint density at radius 2 is 1.71 bits per heavy atom. The predicted molar refractivity (Wildman–Crippen MR) is 52.8 cm³/mol. The van der Waals surface area contributed by atoms with Gasteiger partial charge in [0.2, 0.25) is 0 Å². The summed E-state index contributed by atoms with van der Waals surface area (Å²) in [5.41, 5.74) is 0. The van der Waals surface area contributed by atoms with E-state index in [1.54, 1.807) is 13.0 Å². The van der Waals surface area contributed by atoms with Crippen LogP contribution in [0.25, 0.3) is 0 Å². The second-order valence-electron chi connectivity index (χ2n) is 2.39. The van der Waals surface area contributed by atoms with E-state index in [4.69, 9.17) is 14.2 Å². The normalized spacial score (nSPS) is 11.1. The first-order valence-electron chi connectivity index (χ1n) is 4.82. The van der Waals surface area contributed by atoms with Gasteiger partial charge in [-0.1, -0.05) is 0 Å². The molecule has 0 atom stereocenters. The number of ether oxygens (including phenoxy) is 3. The fourth-order valence-corrected chi connectivity index (χ4v) is 0.835. The maximum Gasteiger partial charge on any atom is 0.330 e. The maximum atomic E-state index is 10.9. The van der Waals surface area contributed by atoms with Crippen LogP contribution in [0.4, 0.5) is 0 Å². The molecule has 0 unspecified atom stereocenters. The Bertz CT molecular complexity index is 171. The maximum absolute atomic E-state index is 10.9. The van der Waals surface area contributed by atoms with Gasteiger partial charge in [-0.25, -0.2) is 4.79 Å². The Balaban J connectivity index is 3.93. The minimum absolute atomic E-state index is 0.372. The summed E-state index contributed by atoms with van der Waals surface area (Å²) in [5, 5.41) is 0. The Kier molecular flexibility index (Phi) is 8.17. The van der Waals surface area contributed by atoms with Crippen molar-refractivity contribution in [1.29, 1.82) is 0 Å². The van der Waals surface area contributed by atoms with Crippen LogP contribution in [0.2, 0.25) is 0 Å². The molecule has 0 heterocycles. The fourth-order valence-electron chi connectivity index (χ4n) is 0.835. The summed E-state index contributed by atoms with van der Waals surface area (Å²) in [7, 11) is 0. The van der Waals surface area contributed by atoms with Crippen LogP contribution in [0.5, 0.6) is 0 Å². The summed E-state index contributed by atoms with van der Waals surface area (Å²) in [6, 6.07) is 0. The van der Waals surface area contributed by atoms with Gasteiger partial charge in [0.25, 0.3) is 0 Å². The first-order chi connectivity index (χ1) is 6.74. The number of esters is 1. The Labute approximate surface area is 84.8 Å². The van der Waals surface area contributed by atoms with Crippen LogP contribution in [-0.4, -0.2) is 32.1 Å². The average Bonchev–Trinajstić information content (AvgIpc) is 2.15. The molecule has 0 radical (unpaired) electrons. The zero-order chi connectivity index (χ0) is 10.8. The lowest BCUT2D eigenvalue weighted by atomic mass is 10.5. The number of hydrogen-bond acceptors (Lipinski definition) is 4. The van der Waals surface area contributed by atoms with Gasteiger partial charge >= 0.3 is 5.97 Å². The quantitative estimate of drug-likeness (QED) is 0.356. The molecule has 4 nitrogen and oxygen atoms in total. The van der Waals surface area contributed by atoms with Gasteiger partial charge in [0.05, 0.1) is 6.61 Å². The Morgan fingerprint density at radius 3 is 2.14 bits per heavy atom. The van der Waals surface area contributed by atoms with Crippen molar-refractivity contribution < 1.29 is 19.0 Å². The summed E-state index contributed by atoms with van der Waals surface area (Å²) >= 11 is 0. The largest absolute Gasteiger partial charge is 0.463 e. The van der Waals surface area contributed by atoms with E-state index in [1.807, 2.05) is 13.8 Å². The van der Waals surface area contributed by atoms with E-state index in [1.165, 1.54) is 6.08 Å². The van der Waals surface area contributed by atoms with Crippen molar-refractivity contribution in [2.45, 2.75) is 27.1 Å². The molecular weight excluding hydrogens is 184 g/mol. The van der Waals surface area contributed by atoms with E-state index < -0.39 is 6.29 Å². The molecular formula is C10H18O4. The molecule has 0 aliphatic heterocycles. The van der Waals surface area contributed by atoms with Crippen LogP contribution < -0.4 is 0 Å². The van der Waals surface area contributed by atoms with Gasteiger partial charge in [-0.3, -0.25) is 0 Å².